The third-order valence-electron chi connectivity index (χ3n) is 3.41. The maximum atomic E-state index is 12.1. The summed E-state index contributed by atoms with van der Waals surface area (Å²) < 4.78 is 5.43. The third kappa shape index (κ3) is 3.93. The van der Waals surface area contributed by atoms with Crippen LogP contribution >= 0.6 is 11.8 Å². The summed E-state index contributed by atoms with van der Waals surface area (Å²) in [7, 11) is 0. The summed E-state index contributed by atoms with van der Waals surface area (Å²) in [6.45, 7) is 3.15. The van der Waals surface area contributed by atoms with E-state index in [9.17, 15) is 4.79 Å². The predicted octanol–water partition coefficient (Wildman–Crippen LogP) is 3.85. The van der Waals surface area contributed by atoms with Gasteiger partial charge in [0.25, 0.3) is 0 Å². The van der Waals surface area contributed by atoms with Gasteiger partial charge in [0, 0.05) is 0 Å². The lowest BCUT2D eigenvalue weighted by molar-refractivity contribution is -0.124. The lowest BCUT2D eigenvalue weighted by atomic mass is 10.2. The van der Waals surface area contributed by atoms with Gasteiger partial charge in [0.05, 0.1) is 24.6 Å². The Bertz CT molecular complexity index is 699. The molecule has 1 aliphatic heterocycles. The maximum Gasteiger partial charge on any atom is 0.239 e. The van der Waals surface area contributed by atoms with Crippen molar-refractivity contribution in [3.63, 3.8) is 0 Å². The van der Waals surface area contributed by atoms with Crippen molar-refractivity contribution in [1.29, 1.82) is 0 Å². The minimum absolute atomic E-state index is 0.100. The Morgan fingerprint density at radius 2 is 1.87 bits per heavy atom. The summed E-state index contributed by atoms with van der Waals surface area (Å²) in [4.78, 5) is 18.5. The van der Waals surface area contributed by atoms with Crippen LogP contribution in [-0.2, 0) is 11.3 Å². The Hall–Kier alpha value is -2.27. The number of nitrogens with zero attached hydrogens (tertiary/aromatic N) is 2. The normalized spacial score (nSPS) is 16.1. The minimum atomic E-state index is 0.100. The second-order valence-electron chi connectivity index (χ2n) is 5.08. The van der Waals surface area contributed by atoms with Gasteiger partial charge in [-0.2, -0.15) is 0 Å². The Morgan fingerprint density at radius 3 is 2.57 bits per heavy atom. The van der Waals surface area contributed by atoms with Gasteiger partial charge in [0.15, 0.2) is 5.17 Å². The molecule has 5 heteroatoms. The first kappa shape index (κ1) is 15.6. The van der Waals surface area contributed by atoms with E-state index in [0.717, 1.165) is 22.2 Å². The van der Waals surface area contributed by atoms with Gasteiger partial charge in [-0.05, 0) is 36.8 Å². The molecule has 118 valence electrons. The second-order valence-corrected chi connectivity index (χ2v) is 6.02. The molecule has 2 aromatic carbocycles. The van der Waals surface area contributed by atoms with Crippen molar-refractivity contribution in [2.75, 3.05) is 12.4 Å². The first-order valence-corrected chi connectivity index (χ1v) is 8.53. The third-order valence-corrected chi connectivity index (χ3v) is 4.37. The quantitative estimate of drug-likeness (QED) is 0.838. The average Bonchev–Trinajstić information content (AvgIpc) is 2.91. The molecule has 0 N–H and O–H groups in total. The van der Waals surface area contributed by atoms with Gasteiger partial charge in [0.1, 0.15) is 5.75 Å². The highest BCUT2D eigenvalue weighted by Crippen LogP contribution is 2.26. The highest BCUT2D eigenvalue weighted by Gasteiger charge is 2.28. The molecule has 1 aliphatic rings. The summed E-state index contributed by atoms with van der Waals surface area (Å²) in [6.07, 6.45) is 0. The number of ether oxygens (including phenoxy) is 1. The number of carbonyl (C=O) groups excluding carboxylic acids is 1. The molecule has 1 fully saturated rings. The van der Waals surface area contributed by atoms with Gasteiger partial charge in [-0.3, -0.25) is 9.69 Å². The lowest BCUT2D eigenvalue weighted by Crippen LogP contribution is -2.28. The van der Waals surface area contributed by atoms with Crippen molar-refractivity contribution in [2.24, 2.45) is 4.99 Å². The van der Waals surface area contributed by atoms with E-state index in [2.05, 4.69) is 4.99 Å². The van der Waals surface area contributed by atoms with Crippen molar-refractivity contribution in [1.82, 2.24) is 4.90 Å². The highest BCUT2D eigenvalue weighted by molar-refractivity contribution is 8.15. The van der Waals surface area contributed by atoms with E-state index < -0.39 is 0 Å². The number of hydrogen-bond acceptors (Lipinski definition) is 4. The zero-order valence-electron chi connectivity index (χ0n) is 12.9. The average molecular weight is 326 g/mol. The van der Waals surface area contributed by atoms with Crippen LogP contribution in [0.1, 0.15) is 12.5 Å². The summed E-state index contributed by atoms with van der Waals surface area (Å²) in [5, 5.41) is 0.753. The van der Waals surface area contributed by atoms with Crippen LogP contribution in [0.15, 0.2) is 59.6 Å². The molecule has 23 heavy (non-hydrogen) atoms. The molecule has 1 saturated heterocycles. The van der Waals surface area contributed by atoms with Crippen molar-refractivity contribution in [3.05, 3.63) is 60.2 Å². The van der Waals surface area contributed by atoms with Crippen molar-refractivity contribution >= 4 is 28.5 Å². The van der Waals surface area contributed by atoms with Crippen molar-refractivity contribution in [2.45, 2.75) is 13.5 Å². The van der Waals surface area contributed by atoms with Gasteiger partial charge in [-0.15, -0.1) is 0 Å². The summed E-state index contributed by atoms with van der Waals surface area (Å²) in [6, 6.07) is 17.6. The van der Waals surface area contributed by atoms with E-state index in [1.807, 2.05) is 61.5 Å². The summed E-state index contributed by atoms with van der Waals surface area (Å²) >= 11 is 1.48. The number of aliphatic imine (C=N–C) groups is 1. The van der Waals surface area contributed by atoms with E-state index in [1.165, 1.54) is 11.8 Å². The van der Waals surface area contributed by atoms with E-state index in [1.54, 1.807) is 4.90 Å². The SMILES string of the molecule is CCOc1ccc(N=C2SCC(=O)N2Cc2ccccc2)cc1. The zero-order chi connectivity index (χ0) is 16.1. The molecule has 0 bridgehead atoms. The van der Waals surface area contributed by atoms with E-state index >= 15 is 0 Å². The lowest BCUT2D eigenvalue weighted by Gasteiger charge is -2.16. The van der Waals surface area contributed by atoms with Crippen molar-refractivity contribution in [3.8, 4) is 5.75 Å². The molecule has 0 atom stereocenters. The number of amidine groups is 1. The first-order chi connectivity index (χ1) is 11.3. The van der Waals surface area contributed by atoms with Crippen LogP contribution in [0, 0.1) is 0 Å². The first-order valence-electron chi connectivity index (χ1n) is 7.55. The summed E-state index contributed by atoms with van der Waals surface area (Å²) in [5.74, 6) is 1.37. The van der Waals surface area contributed by atoms with Gasteiger partial charge >= 0.3 is 0 Å². The summed E-state index contributed by atoms with van der Waals surface area (Å²) in [5.41, 5.74) is 1.92. The molecule has 0 saturated carbocycles. The van der Waals surface area contributed by atoms with E-state index in [0.29, 0.717) is 18.9 Å². The molecule has 1 amide bonds. The van der Waals surface area contributed by atoms with Crippen LogP contribution in [0.2, 0.25) is 0 Å². The largest absolute Gasteiger partial charge is 0.494 e. The van der Waals surface area contributed by atoms with Crippen LogP contribution in [-0.4, -0.2) is 28.3 Å². The molecular formula is C18H18N2O2S. The molecule has 1 heterocycles. The molecule has 2 aromatic rings. The maximum absolute atomic E-state index is 12.1. The van der Waals surface area contributed by atoms with Crippen LogP contribution in [0.4, 0.5) is 5.69 Å². The number of thioether (sulfide) groups is 1. The monoisotopic (exact) mass is 326 g/mol. The molecule has 0 radical (unpaired) electrons. The van der Waals surface area contributed by atoms with Crippen LogP contribution in [0.25, 0.3) is 0 Å². The predicted molar refractivity (Wildman–Crippen MR) is 94.2 cm³/mol. The van der Waals surface area contributed by atoms with E-state index in [-0.39, 0.29) is 5.91 Å². The van der Waals surface area contributed by atoms with Gasteiger partial charge in [0.2, 0.25) is 5.91 Å². The van der Waals surface area contributed by atoms with Crippen LogP contribution in [0.5, 0.6) is 5.75 Å². The molecule has 0 aromatic heterocycles. The van der Waals surface area contributed by atoms with Crippen molar-refractivity contribution < 1.29 is 9.53 Å². The molecule has 0 spiro atoms. The highest BCUT2D eigenvalue weighted by atomic mass is 32.2. The smallest absolute Gasteiger partial charge is 0.239 e. The second kappa shape index (κ2) is 7.33. The molecule has 0 aliphatic carbocycles. The Labute approximate surface area is 140 Å². The molecule has 3 rings (SSSR count). The molecule has 4 nitrogen and oxygen atoms in total. The zero-order valence-corrected chi connectivity index (χ0v) is 13.8. The minimum Gasteiger partial charge on any atom is -0.494 e. The van der Waals surface area contributed by atoms with Gasteiger partial charge in [-0.1, -0.05) is 42.1 Å². The Kier molecular flexibility index (Phi) is 4.98. The number of rotatable bonds is 5. The fourth-order valence-electron chi connectivity index (χ4n) is 2.30. The fourth-order valence-corrected chi connectivity index (χ4v) is 3.20. The molecular weight excluding hydrogens is 308 g/mol. The fraction of sp³-hybridized carbons (Fsp3) is 0.222. The van der Waals surface area contributed by atoms with Crippen LogP contribution < -0.4 is 4.74 Å². The number of amides is 1. The number of hydrogen-bond donors (Lipinski definition) is 0. The molecule has 0 unspecified atom stereocenters. The van der Waals surface area contributed by atoms with Gasteiger partial charge in [-0.25, -0.2) is 4.99 Å². The number of benzene rings is 2. The Balaban J connectivity index is 1.78. The van der Waals surface area contributed by atoms with Gasteiger partial charge < -0.3 is 4.74 Å². The topological polar surface area (TPSA) is 41.9 Å². The Morgan fingerprint density at radius 1 is 1.13 bits per heavy atom. The van der Waals surface area contributed by atoms with E-state index in [4.69, 9.17) is 4.74 Å². The van der Waals surface area contributed by atoms with Crippen LogP contribution in [0.3, 0.4) is 0 Å². The number of carbonyl (C=O) groups is 1. The standard InChI is InChI=1S/C18H18N2O2S/c1-2-22-16-10-8-15(9-11-16)19-18-20(17(21)13-23-18)12-14-6-4-3-5-7-14/h3-11H,2,12-13H2,1H3.